The predicted molar refractivity (Wildman–Crippen MR) is 127 cm³/mol. The topological polar surface area (TPSA) is 151 Å². The zero-order chi connectivity index (χ0) is 30.0. The number of ether oxygens (including phenoxy) is 1. The maximum Gasteiger partial charge on any atom is 0.475 e. The Bertz CT molecular complexity index is 1470. The Hall–Kier alpha value is -2.79. The van der Waals surface area contributed by atoms with Gasteiger partial charge in [-0.2, -0.15) is 26.3 Å². The summed E-state index contributed by atoms with van der Waals surface area (Å²) in [5.74, 6) is 0.161. The van der Waals surface area contributed by atoms with Crippen LogP contribution in [0.2, 0.25) is 0 Å². The predicted octanol–water partition coefficient (Wildman–Crippen LogP) is 4.36. The molecule has 6 atom stereocenters. The lowest BCUT2D eigenvalue weighted by molar-refractivity contribution is -0.143. The molecule has 0 amide bonds. The molecule has 2 fully saturated rings. The molecule has 0 saturated carbocycles. The number of rotatable bonds is 5. The molecule has 0 radical (unpaired) electrons. The van der Waals surface area contributed by atoms with E-state index >= 15 is 0 Å². The van der Waals surface area contributed by atoms with Crippen molar-refractivity contribution < 1.29 is 59.4 Å². The third kappa shape index (κ3) is 5.67. The van der Waals surface area contributed by atoms with Crippen molar-refractivity contribution in [2.45, 2.75) is 55.8 Å². The second-order valence-corrected chi connectivity index (χ2v) is 11.3. The number of alkyl halides is 6. The molecule has 5 rings (SSSR count). The van der Waals surface area contributed by atoms with E-state index in [1.165, 1.54) is 24.0 Å². The number of nitrogens with two attached hydrogens (primary N) is 1. The van der Waals surface area contributed by atoms with Crippen LogP contribution in [0.15, 0.2) is 36.8 Å². The van der Waals surface area contributed by atoms with E-state index in [9.17, 15) is 41.1 Å². The highest BCUT2D eigenvalue weighted by atomic mass is 31.2. The van der Waals surface area contributed by atoms with E-state index in [-0.39, 0.29) is 30.6 Å². The summed E-state index contributed by atoms with van der Waals surface area (Å²) in [5, 5.41) is 22.2. The maximum atomic E-state index is 13.3. The van der Waals surface area contributed by atoms with E-state index in [0.717, 1.165) is 0 Å². The number of aliphatic hydroxyl groups is 2. The number of fused-ring (bicyclic) bond motifs is 1. The molecule has 2 aliphatic rings. The van der Waals surface area contributed by atoms with Gasteiger partial charge in [0, 0.05) is 12.6 Å². The Kier molecular flexibility index (Phi) is 7.38. The Morgan fingerprint density at radius 1 is 1.17 bits per heavy atom. The number of aliphatic hydroxyl groups excluding tert-OH is 1. The fourth-order valence-corrected chi connectivity index (χ4v) is 6.09. The third-order valence-electron chi connectivity index (χ3n) is 6.81. The van der Waals surface area contributed by atoms with Gasteiger partial charge in [-0.05, 0) is 36.8 Å². The minimum atomic E-state index is -5.09. The van der Waals surface area contributed by atoms with Crippen LogP contribution >= 0.6 is 7.82 Å². The summed E-state index contributed by atoms with van der Waals surface area (Å²) >= 11 is 0. The maximum absolute atomic E-state index is 13.3. The molecule has 0 aliphatic carbocycles. The van der Waals surface area contributed by atoms with Crippen molar-refractivity contribution in [2.24, 2.45) is 0 Å². The van der Waals surface area contributed by atoms with Gasteiger partial charge in [-0.3, -0.25) is 13.6 Å². The fourth-order valence-electron chi connectivity index (χ4n) is 4.69. The zero-order valence-electron chi connectivity index (χ0n) is 21.0. The minimum absolute atomic E-state index is 0.0334. The molecule has 2 saturated heterocycles. The standard InChI is InChI=1S/C23H23F6N4O7P/c1-21(35)17(34)16(39-20(21)33-4-2-14-18(30)31-10-32-19(14)33)9-38-41(36)37-5-3-15(40-41)11-6-12(22(24,25)26)8-13(7-11)23(27,28)29/h2,4,6-8,10,15-17,20,34-35H,3,5,9H2,1H3,(H2,30,31,32)/t15-,16+,17+,20+,21+,41?/m0/s1. The molecular weight excluding hydrogens is 589 g/mol. The first-order chi connectivity index (χ1) is 19.0. The van der Waals surface area contributed by atoms with Gasteiger partial charge in [-0.1, -0.05) is 0 Å². The molecule has 2 aliphatic heterocycles. The van der Waals surface area contributed by atoms with Crippen LogP contribution in [-0.2, 0) is 35.2 Å². The van der Waals surface area contributed by atoms with Crippen LogP contribution in [0.3, 0.4) is 0 Å². The van der Waals surface area contributed by atoms with Crippen molar-refractivity contribution in [1.29, 1.82) is 0 Å². The fraction of sp³-hybridized carbons (Fsp3) is 0.478. The van der Waals surface area contributed by atoms with Crippen molar-refractivity contribution in [3.63, 3.8) is 0 Å². The van der Waals surface area contributed by atoms with Gasteiger partial charge < -0.3 is 25.3 Å². The van der Waals surface area contributed by atoms with Crippen molar-refractivity contribution in [1.82, 2.24) is 14.5 Å². The molecule has 3 aromatic rings. The summed E-state index contributed by atoms with van der Waals surface area (Å²) < 4.78 is 116. The summed E-state index contributed by atoms with van der Waals surface area (Å²) in [6.45, 7) is 0.200. The molecule has 41 heavy (non-hydrogen) atoms. The third-order valence-corrected chi connectivity index (χ3v) is 8.29. The highest BCUT2D eigenvalue weighted by Gasteiger charge is 2.54. The van der Waals surface area contributed by atoms with Crippen LogP contribution in [-0.4, -0.2) is 55.8 Å². The number of benzene rings is 1. The molecule has 1 unspecified atom stereocenters. The first-order valence-corrected chi connectivity index (χ1v) is 13.5. The van der Waals surface area contributed by atoms with Gasteiger partial charge in [0.25, 0.3) is 0 Å². The molecule has 2 aromatic heterocycles. The Labute approximate surface area is 227 Å². The summed E-state index contributed by atoms with van der Waals surface area (Å²) in [5.41, 5.74) is 0.539. The zero-order valence-corrected chi connectivity index (χ0v) is 21.9. The number of phosphoric ester groups is 1. The van der Waals surface area contributed by atoms with E-state index in [4.69, 9.17) is 24.0 Å². The highest BCUT2D eigenvalue weighted by molar-refractivity contribution is 7.48. The largest absolute Gasteiger partial charge is 0.475 e. The number of anilines is 1. The molecule has 4 N–H and O–H groups in total. The Balaban J connectivity index is 1.33. The summed E-state index contributed by atoms with van der Waals surface area (Å²) in [7, 11) is -4.57. The Morgan fingerprint density at radius 2 is 1.83 bits per heavy atom. The van der Waals surface area contributed by atoms with Gasteiger partial charge in [0.05, 0.1) is 35.8 Å². The second-order valence-electron chi connectivity index (χ2n) is 9.71. The van der Waals surface area contributed by atoms with Crippen LogP contribution in [0, 0.1) is 0 Å². The van der Waals surface area contributed by atoms with E-state index in [2.05, 4.69) is 9.97 Å². The van der Waals surface area contributed by atoms with Gasteiger partial charge in [0.2, 0.25) is 0 Å². The van der Waals surface area contributed by atoms with Gasteiger partial charge in [-0.25, -0.2) is 14.5 Å². The lowest BCUT2D eigenvalue weighted by Gasteiger charge is -2.30. The Morgan fingerprint density at radius 3 is 2.46 bits per heavy atom. The molecule has 18 heteroatoms. The minimum Gasteiger partial charge on any atom is -0.387 e. The molecule has 11 nitrogen and oxygen atoms in total. The van der Waals surface area contributed by atoms with Crippen LogP contribution < -0.4 is 5.73 Å². The molecule has 1 aromatic carbocycles. The normalized spacial score (nSPS) is 31.1. The number of hydrogen-bond acceptors (Lipinski definition) is 10. The molecule has 0 bridgehead atoms. The number of aromatic nitrogens is 3. The van der Waals surface area contributed by atoms with E-state index in [1.807, 2.05) is 0 Å². The second kappa shape index (κ2) is 10.2. The smallest absolute Gasteiger partial charge is 0.387 e. The lowest BCUT2D eigenvalue weighted by atomic mass is 9.96. The van der Waals surface area contributed by atoms with Gasteiger partial charge in [0.15, 0.2) is 6.23 Å². The number of nitrogen functional groups attached to an aromatic ring is 1. The number of halogens is 6. The SMILES string of the molecule is C[C@@]1(O)[C@H](O)[C@@H](COP2(=O)OCC[C@@H](c3cc(C(F)(F)F)cc(C(F)(F)F)c3)O2)O[C@H]1n1ccc2c(N)ncnc21. The summed E-state index contributed by atoms with van der Waals surface area (Å²) in [6.07, 6.45) is -13.4. The van der Waals surface area contributed by atoms with Crippen molar-refractivity contribution in [3.8, 4) is 0 Å². The van der Waals surface area contributed by atoms with E-state index in [0.29, 0.717) is 17.5 Å². The van der Waals surface area contributed by atoms with Crippen LogP contribution in [0.4, 0.5) is 32.2 Å². The quantitative estimate of drug-likeness (QED) is 0.280. The highest BCUT2D eigenvalue weighted by Crippen LogP contribution is 2.58. The van der Waals surface area contributed by atoms with Crippen LogP contribution in [0.1, 0.15) is 42.4 Å². The van der Waals surface area contributed by atoms with E-state index < -0.39 is 73.6 Å². The van der Waals surface area contributed by atoms with Crippen LogP contribution in [0.5, 0.6) is 0 Å². The number of phosphoric acid groups is 1. The first kappa shape index (κ1) is 29.7. The summed E-state index contributed by atoms with van der Waals surface area (Å²) in [4.78, 5) is 7.99. The van der Waals surface area contributed by atoms with Crippen molar-refractivity contribution in [3.05, 3.63) is 53.5 Å². The average Bonchev–Trinajstić information content (AvgIpc) is 3.41. The van der Waals surface area contributed by atoms with Gasteiger partial charge in [0.1, 0.15) is 35.6 Å². The van der Waals surface area contributed by atoms with Crippen molar-refractivity contribution in [2.75, 3.05) is 18.9 Å². The number of nitrogens with zero attached hydrogens (tertiary/aromatic N) is 3. The van der Waals surface area contributed by atoms with Gasteiger partial charge in [-0.15, -0.1) is 0 Å². The van der Waals surface area contributed by atoms with Crippen molar-refractivity contribution >= 4 is 24.7 Å². The average molecular weight is 612 g/mol. The first-order valence-electron chi connectivity index (χ1n) is 12.0. The van der Waals surface area contributed by atoms with Crippen LogP contribution in [0.25, 0.3) is 11.0 Å². The van der Waals surface area contributed by atoms with Gasteiger partial charge >= 0.3 is 20.2 Å². The molecule has 0 spiro atoms. The monoisotopic (exact) mass is 612 g/mol. The summed E-state index contributed by atoms with van der Waals surface area (Å²) in [6, 6.07) is 2.48. The van der Waals surface area contributed by atoms with E-state index in [1.54, 1.807) is 6.07 Å². The lowest BCUT2D eigenvalue weighted by Crippen LogP contribution is -2.44. The molecule has 4 heterocycles. The molecule has 224 valence electrons. The number of hydrogen-bond donors (Lipinski definition) is 3. The molecular formula is C23H23F6N4O7P.